The van der Waals surface area contributed by atoms with Crippen LogP contribution < -0.4 is 5.32 Å². The van der Waals surface area contributed by atoms with Gasteiger partial charge in [-0.3, -0.25) is 19.7 Å². The van der Waals surface area contributed by atoms with Gasteiger partial charge in [-0.05, 0) is 34.8 Å². The number of aromatic nitrogens is 2. The number of anilines is 1. The highest BCUT2D eigenvalue weighted by Crippen LogP contribution is 2.52. The Morgan fingerprint density at radius 1 is 1.29 bits per heavy atom. The lowest BCUT2D eigenvalue weighted by Gasteiger charge is -2.24. The molecule has 0 aliphatic heterocycles. The van der Waals surface area contributed by atoms with Crippen LogP contribution >= 0.6 is 15.9 Å². The Bertz CT molecular complexity index is 949. The molecule has 146 valence electrons. The van der Waals surface area contributed by atoms with Crippen molar-refractivity contribution >= 4 is 40.0 Å². The maximum atomic E-state index is 14.7. The van der Waals surface area contributed by atoms with Crippen LogP contribution in [0.1, 0.15) is 28.8 Å². The first kappa shape index (κ1) is 20.0. The average molecular weight is 453 g/mol. The summed E-state index contributed by atoms with van der Waals surface area (Å²) < 4.78 is 27.7. The van der Waals surface area contributed by atoms with E-state index >= 15 is 0 Å². The molecule has 1 saturated carbocycles. The van der Waals surface area contributed by atoms with E-state index in [1.165, 1.54) is 19.2 Å². The number of rotatable bonds is 6. The molecular weight excluding hydrogens is 438 g/mol. The zero-order valence-corrected chi connectivity index (χ0v) is 16.3. The van der Waals surface area contributed by atoms with Gasteiger partial charge in [-0.2, -0.15) is 0 Å². The summed E-state index contributed by atoms with van der Waals surface area (Å²) in [6.07, 6.45) is 3.04. The first-order valence-corrected chi connectivity index (χ1v) is 9.04. The third-order valence-electron chi connectivity index (χ3n) is 4.49. The standard InChI is InChI=1S/C18H15BrF2N4O3/c1-25(8-13(27)24-17-22-6-11(20)7-23-17)16(28)18(4-5-18)14-10(9-26)2-3-12(19)15(14)21/h2-3,6-7,9H,4-5,8H2,1H3,(H,22,23,24,27). The Labute approximate surface area is 167 Å². The number of hydrogen-bond acceptors (Lipinski definition) is 5. The van der Waals surface area contributed by atoms with Crippen LogP contribution in [0.5, 0.6) is 0 Å². The monoisotopic (exact) mass is 452 g/mol. The van der Waals surface area contributed by atoms with Crippen LogP contribution in [0.2, 0.25) is 0 Å². The summed E-state index contributed by atoms with van der Waals surface area (Å²) in [6, 6.07) is 2.85. The van der Waals surface area contributed by atoms with Crippen LogP contribution in [-0.4, -0.2) is 46.6 Å². The number of hydrogen-bond donors (Lipinski definition) is 1. The molecule has 0 atom stereocenters. The first-order chi connectivity index (χ1) is 13.3. The molecule has 1 aromatic carbocycles. The molecule has 0 bridgehead atoms. The normalized spacial score (nSPS) is 14.3. The molecule has 0 radical (unpaired) electrons. The fourth-order valence-corrected chi connectivity index (χ4v) is 3.37. The lowest BCUT2D eigenvalue weighted by atomic mass is 9.89. The molecule has 1 aliphatic rings. The van der Waals surface area contributed by atoms with Crippen LogP contribution in [0.4, 0.5) is 14.7 Å². The molecule has 7 nitrogen and oxygen atoms in total. The summed E-state index contributed by atoms with van der Waals surface area (Å²) in [5.74, 6) is -2.47. The van der Waals surface area contributed by atoms with Gasteiger partial charge in [-0.25, -0.2) is 18.7 Å². The minimum absolute atomic E-state index is 0.0380. The Morgan fingerprint density at radius 2 is 1.93 bits per heavy atom. The summed E-state index contributed by atoms with van der Waals surface area (Å²) in [6.45, 7) is -0.340. The van der Waals surface area contributed by atoms with Gasteiger partial charge >= 0.3 is 0 Å². The lowest BCUT2D eigenvalue weighted by Crippen LogP contribution is -2.42. The second-order valence-corrected chi connectivity index (χ2v) is 7.31. The molecule has 1 N–H and O–H groups in total. The smallest absolute Gasteiger partial charge is 0.246 e. The maximum Gasteiger partial charge on any atom is 0.246 e. The second-order valence-electron chi connectivity index (χ2n) is 6.46. The Kier molecular flexibility index (Phi) is 5.50. The van der Waals surface area contributed by atoms with Crippen LogP contribution in [0.25, 0.3) is 0 Å². The Morgan fingerprint density at radius 3 is 2.50 bits per heavy atom. The Balaban J connectivity index is 1.76. The molecule has 3 rings (SSSR count). The highest BCUT2D eigenvalue weighted by Gasteiger charge is 2.55. The van der Waals surface area contributed by atoms with Crippen molar-refractivity contribution in [3.05, 3.63) is 51.8 Å². The molecule has 1 aromatic heterocycles. The van der Waals surface area contributed by atoms with Crippen molar-refractivity contribution in [2.75, 3.05) is 18.9 Å². The number of benzene rings is 1. The van der Waals surface area contributed by atoms with Crippen LogP contribution in [0.15, 0.2) is 29.0 Å². The zero-order valence-electron chi connectivity index (χ0n) is 14.7. The summed E-state index contributed by atoms with van der Waals surface area (Å²) in [5.41, 5.74) is -1.04. The van der Waals surface area contributed by atoms with Gasteiger partial charge in [0.25, 0.3) is 0 Å². The lowest BCUT2D eigenvalue weighted by molar-refractivity contribution is -0.135. The van der Waals surface area contributed by atoms with Crippen molar-refractivity contribution in [1.82, 2.24) is 14.9 Å². The van der Waals surface area contributed by atoms with Gasteiger partial charge < -0.3 is 4.90 Å². The van der Waals surface area contributed by atoms with Gasteiger partial charge in [0.05, 0.1) is 28.8 Å². The molecule has 0 spiro atoms. The highest BCUT2D eigenvalue weighted by molar-refractivity contribution is 9.10. The molecule has 1 aliphatic carbocycles. The zero-order chi connectivity index (χ0) is 20.5. The van der Waals surface area contributed by atoms with E-state index in [-0.39, 0.29) is 28.1 Å². The fourth-order valence-electron chi connectivity index (χ4n) is 3.04. The van der Waals surface area contributed by atoms with E-state index in [1.54, 1.807) is 0 Å². The molecule has 0 unspecified atom stereocenters. The van der Waals surface area contributed by atoms with Gasteiger partial charge in [-0.15, -0.1) is 0 Å². The number of likely N-dealkylation sites (N-methyl/N-ethyl adjacent to an activating group) is 1. The van der Waals surface area contributed by atoms with Gasteiger partial charge in [0.15, 0.2) is 5.82 Å². The van der Waals surface area contributed by atoms with Gasteiger partial charge in [0.1, 0.15) is 12.1 Å². The van der Waals surface area contributed by atoms with E-state index in [0.717, 1.165) is 17.3 Å². The van der Waals surface area contributed by atoms with Crippen molar-refractivity contribution in [3.8, 4) is 0 Å². The van der Waals surface area contributed by atoms with Crippen LogP contribution in [0, 0.1) is 11.6 Å². The summed E-state index contributed by atoms with van der Waals surface area (Å²) >= 11 is 3.08. The number of halogens is 3. The molecule has 2 amide bonds. The Hall–Kier alpha value is -2.75. The number of carbonyl (C=O) groups excluding carboxylic acids is 3. The summed E-state index contributed by atoms with van der Waals surface area (Å²) in [5, 5.41) is 2.35. The van der Waals surface area contributed by atoms with Crippen molar-refractivity contribution < 1.29 is 23.2 Å². The average Bonchev–Trinajstić information content (AvgIpc) is 3.46. The third-order valence-corrected chi connectivity index (χ3v) is 5.10. The topological polar surface area (TPSA) is 92.3 Å². The third kappa shape index (κ3) is 3.77. The number of nitrogens with zero attached hydrogens (tertiary/aromatic N) is 3. The molecule has 2 aromatic rings. The van der Waals surface area contributed by atoms with Crippen molar-refractivity contribution in [1.29, 1.82) is 0 Å². The van der Waals surface area contributed by atoms with Gasteiger partial charge in [0.2, 0.25) is 17.8 Å². The molecule has 10 heteroatoms. The quantitative estimate of drug-likeness (QED) is 0.679. The fraction of sp³-hybridized carbons (Fsp3) is 0.278. The molecule has 1 heterocycles. The predicted octanol–water partition coefficient (Wildman–Crippen LogP) is 2.46. The molecular formula is C18H15BrF2N4O3. The number of nitrogens with one attached hydrogen (secondary N) is 1. The minimum Gasteiger partial charge on any atom is -0.336 e. The van der Waals surface area contributed by atoms with E-state index in [9.17, 15) is 23.2 Å². The largest absolute Gasteiger partial charge is 0.336 e. The highest BCUT2D eigenvalue weighted by atomic mass is 79.9. The van der Waals surface area contributed by atoms with Gasteiger partial charge in [0, 0.05) is 18.2 Å². The second kappa shape index (κ2) is 7.70. The van der Waals surface area contributed by atoms with Crippen molar-refractivity contribution in [2.45, 2.75) is 18.3 Å². The number of aldehydes is 1. The predicted molar refractivity (Wildman–Crippen MR) is 98.7 cm³/mol. The maximum absolute atomic E-state index is 14.7. The van der Waals surface area contributed by atoms with E-state index in [0.29, 0.717) is 19.1 Å². The van der Waals surface area contributed by atoms with Crippen molar-refractivity contribution in [2.24, 2.45) is 0 Å². The van der Waals surface area contributed by atoms with Crippen LogP contribution in [0.3, 0.4) is 0 Å². The van der Waals surface area contributed by atoms with Crippen molar-refractivity contribution in [3.63, 3.8) is 0 Å². The summed E-state index contributed by atoms with van der Waals surface area (Å²) in [4.78, 5) is 44.8. The van der Waals surface area contributed by atoms with E-state index in [4.69, 9.17) is 0 Å². The molecule has 28 heavy (non-hydrogen) atoms. The molecule has 0 saturated heterocycles. The van der Waals surface area contributed by atoms with E-state index in [2.05, 4.69) is 31.2 Å². The van der Waals surface area contributed by atoms with Gasteiger partial charge in [-0.1, -0.05) is 6.07 Å². The minimum atomic E-state index is -1.18. The first-order valence-electron chi connectivity index (χ1n) is 8.25. The van der Waals surface area contributed by atoms with E-state index < -0.39 is 28.9 Å². The number of carbonyl (C=O) groups is 3. The van der Waals surface area contributed by atoms with E-state index in [1.807, 2.05) is 0 Å². The summed E-state index contributed by atoms with van der Waals surface area (Å²) in [7, 11) is 1.41. The number of amides is 2. The van der Waals surface area contributed by atoms with Crippen LogP contribution in [-0.2, 0) is 15.0 Å². The molecule has 1 fully saturated rings. The SMILES string of the molecule is CN(CC(=O)Nc1ncc(F)cn1)C(=O)C1(c2c(C=O)ccc(Br)c2F)CC1.